The van der Waals surface area contributed by atoms with Gasteiger partial charge < -0.3 is 67.5 Å². The van der Waals surface area contributed by atoms with Crippen LogP contribution in [0.4, 0.5) is 0 Å². The molecule has 13 nitrogen and oxygen atoms in total. The largest absolute Gasteiger partial charge is 0.396 e. The monoisotopic (exact) mass is 495 g/mol. The van der Waals surface area contributed by atoms with E-state index in [-0.39, 0.29) is 39.1 Å². The lowest BCUT2D eigenvalue weighted by Gasteiger charge is -2.49. The van der Waals surface area contributed by atoms with E-state index >= 15 is 0 Å². The summed E-state index contributed by atoms with van der Waals surface area (Å²) in [5.41, 5.74) is 18.2. The molecule has 0 aromatic heterocycles. The Morgan fingerprint density at radius 3 is 1.44 bits per heavy atom. The number of rotatable bonds is 7. The van der Waals surface area contributed by atoms with Gasteiger partial charge in [0.1, 0.15) is 0 Å². The zero-order valence-corrected chi connectivity index (χ0v) is 19.0. The van der Waals surface area contributed by atoms with Crippen molar-refractivity contribution in [3.8, 4) is 0 Å². The molecule has 3 aliphatic rings. The van der Waals surface area contributed by atoms with Crippen LogP contribution in [-0.4, -0.2) is 134 Å². The average Bonchev–Trinajstić information content (AvgIpc) is 2.83. The SMILES string of the molecule is NC1C(OC2C(CO)CC(OC3C(CO)CC(O)C(N)C3O)C(N)C2O)CC(CO)C(O)C1O. The lowest BCUT2D eigenvalue weighted by Crippen LogP contribution is -2.66. The second-order valence-electron chi connectivity index (χ2n) is 10.1. The molecule has 0 saturated heterocycles. The fourth-order valence-electron chi connectivity index (χ4n) is 5.57. The van der Waals surface area contributed by atoms with Crippen LogP contribution < -0.4 is 17.2 Å². The Hall–Kier alpha value is -0.520. The van der Waals surface area contributed by atoms with Crippen molar-refractivity contribution in [3.05, 3.63) is 0 Å². The van der Waals surface area contributed by atoms with Gasteiger partial charge in [-0.05, 0) is 19.3 Å². The van der Waals surface area contributed by atoms with Gasteiger partial charge in [0.15, 0.2) is 0 Å². The highest BCUT2D eigenvalue weighted by Crippen LogP contribution is 2.36. The smallest absolute Gasteiger partial charge is 0.0981 e. The molecule has 3 saturated carbocycles. The minimum atomic E-state index is -1.34. The molecule has 0 amide bonds. The van der Waals surface area contributed by atoms with Crippen molar-refractivity contribution in [2.75, 3.05) is 19.8 Å². The predicted octanol–water partition coefficient (Wildman–Crippen LogP) is -5.68. The molecule has 3 fully saturated rings. The van der Waals surface area contributed by atoms with Crippen molar-refractivity contribution in [3.63, 3.8) is 0 Å². The normalized spacial score (nSPS) is 52.5. The Balaban J connectivity index is 1.72. The van der Waals surface area contributed by atoms with Crippen molar-refractivity contribution in [2.45, 2.75) is 92.3 Å². The first kappa shape index (κ1) is 28.1. The fraction of sp³-hybridized carbons (Fsp3) is 1.00. The minimum absolute atomic E-state index is 0.124. The lowest BCUT2D eigenvalue weighted by atomic mass is 9.77. The summed E-state index contributed by atoms with van der Waals surface area (Å²) in [6, 6.07) is -2.95. The van der Waals surface area contributed by atoms with Crippen molar-refractivity contribution in [2.24, 2.45) is 35.0 Å². The van der Waals surface area contributed by atoms with Crippen LogP contribution in [0.15, 0.2) is 0 Å². The van der Waals surface area contributed by atoms with E-state index < -0.39 is 90.8 Å². The van der Waals surface area contributed by atoms with Crippen LogP contribution in [0.1, 0.15) is 19.3 Å². The van der Waals surface area contributed by atoms with E-state index in [1.165, 1.54) is 0 Å². The molecule has 0 aromatic carbocycles. The molecule has 15 atom stereocenters. The summed E-state index contributed by atoms with van der Waals surface area (Å²) in [7, 11) is 0. The van der Waals surface area contributed by atoms with Crippen LogP contribution in [0.25, 0.3) is 0 Å². The van der Waals surface area contributed by atoms with E-state index in [0.717, 1.165) is 0 Å². The van der Waals surface area contributed by atoms with Crippen molar-refractivity contribution in [1.82, 2.24) is 0 Å². The summed E-state index contributed by atoms with van der Waals surface area (Å²) in [5.74, 6) is -1.91. The highest BCUT2D eigenvalue weighted by atomic mass is 16.5. The van der Waals surface area contributed by atoms with Crippen molar-refractivity contribution in [1.29, 1.82) is 0 Å². The summed E-state index contributed by atoms with van der Waals surface area (Å²) >= 11 is 0. The molecule has 0 spiro atoms. The molecule has 3 aliphatic carbocycles. The average molecular weight is 496 g/mol. The third kappa shape index (κ3) is 5.42. The summed E-state index contributed by atoms with van der Waals surface area (Å²) in [6.45, 7) is -1.13. The van der Waals surface area contributed by atoms with E-state index in [0.29, 0.717) is 0 Å². The maximum Gasteiger partial charge on any atom is 0.0981 e. The van der Waals surface area contributed by atoms with Crippen LogP contribution in [0, 0.1) is 17.8 Å². The zero-order chi connectivity index (χ0) is 25.3. The van der Waals surface area contributed by atoms with Gasteiger partial charge in [-0.3, -0.25) is 0 Å². The number of ether oxygens (including phenoxy) is 2. The van der Waals surface area contributed by atoms with E-state index in [2.05, 4.69) is 0 Å². The molecule has 34 heavy (non-hydrogen) atoms. The highest BCUT2D eigenvalue weighted by molar-refractivity contribution is 5.02. The quantitative estimate of drug-likeness (QED) is 0.157. The molecule has 13 heteroatoms. The van der Waals surface area contributed by atoms with Crippen LogP contribution in [0.2, 0.25) is 0 Å². The number of hydrogen-bond donors (Lipinski definition) is 11. The first-order valence-corrected chi connectivity index (χ1v) is 11.9. The van der Waals surface area contributed by atoms with E-state index in [1.54, 1.807) is 0 Å². The number of aliphatic hydroxyl groups is 8. The Kier molecular flexibility index (Phi) is 9.64. The topological polar surface area (TPSA) is 258 Å². The molecule has 3 rings (SSSR count). The molecule has 14 N–H and O–H groups in total. The molecule has 15 unspecified atom stereocenters. The summed E-state index contributed by atoms with van der Waals surface area (Å²) in [6.07, 6.45) is -9.25. The molecule has 0 aliphatic heterocycles. The predicted molar refractivity (Wildman–Crippen MR) is 117 cm³/mol. The molecule has 0 bridgehead atoms. The van der Waals surface area contributed by atoms with E-state index in [4.69, 9.17) is 26.7 Å². The van der Waals surface area contributed by atoms with Crippen LogP contribution in [0.5, 0.6) is 0 Å². The Labute approximate surface area is 198 Å². The third-order valence-corrected chi connectivity index (χ3v) is 7.90. The minimum Gasteiger partial charge on any atom is -0.396 e. The van der Waals surface area contributed by atoms with E-state index in [9.17, 15) is 40.9 Å². The zero-order valence-electron chi connectivity index (χ0n) is 19.0. The number of aliphatic hydroxyl groups excluding tert-OH is 8. The molecular weight excluding hydrogens is 454 g/mol. The van der Waals surface area contributed by atoms with Crippen LogP contribution in [-0.2, 0) is 9.47 Å². The van der Waals surface area contributed by atoms with Crippen molar-refractivity contribution >= 4 is 0 Å². The fourth-order valence-corrected chi connectivity index (χ4v) is 5.57. The van der Waals surface area contributed by atoms with Gasteiger partial charge in [0, 0.05) is 37.6 Å². The van der Waals surface area contributed by atoms with Gasteiger partial charge in [-0.2, -0.15) is 0 Å². The van der Waals surface area contributed by atoms with Crippen LogP contribution in [0.3, 0.4) is 0 Å². The number of hydrogen-bond acceptors (Lipinski definition) is 13. The summed E-state index contributed by atoms with van der Waals surface area (Å²) in [5, 5.41) is 81.0. The van der Waals surface area contributed by atoms with Gasteiger partial charge in [0.25, 0.3) is 0 Å². The summed E-state index contributed by atoms with van der Waals surface area (Å²) in [4.78, 5) is 0. The Morgan fingerprint density at radius 1 is 0.529 bits per heavy atom. The standard InChI is InChI=1S/C21H41N3O10/c22-13-10(28)1-8(5-26)20(18(13)31)34-12-3-9(6-27)21(19(32)15(12)24)33-11-2-7(4-25)16(29)17(30)14(11)23/h7-21,25-32H,1-6,22-24H2. The maximum absolute atomic E-state index is 11.0. The first-order valence-electron chi connectivity index (χ1n) is 11.9. The second kappa shape index (κ2) is 11.7. The Bertz CT molecular complexity index is 644. The molecule has 200 valence electrons. The van der Waals surface area contributed by atoms with Gasteiger partial charge in [-0.25, -0.2) is 0 Å². The Morgan fingerprint density at radius 2 is 0.941 bits per heavy atom. The van der Waals surface area contributed by atoms with Gasteiger partial charge in [-0.15, -0.1) is 0 Å². The molecular formula is C21H41N3O10. The highest BCUT2D eigenvalue weighted by Gasteiger charge is 2.50. The molecule has 0 radical (unpaired) electrons. The molecule has 0 aromatic rings. The van der Waals surface area contributed by atoms with Gasteiger partial charge in [0.05, 0.1) is 73.1 Å². The first-order chi connectivity index (χ1) is 16.0. The van der Waals surface area contributed by atoms with Crippen molar-refractivity contribution < 1.29 is 50.3 Å². The van der Waals surface area contributed by atoms with Crippen LogP contribution >= 0.6 is 0 Å². The second-order valence-corrected chi connectivity index (χ2v) is 10.1. The number of nitrogens with two attached hydrogens (primary N) is 3. The van der Waals surface area contributed by atoms with Gasteiger partial charge in [0.2, 0.25) is 0 Å². The lowest BCUT2D eigenvalue weighted by molar-refractivity contribution is -0.216. The van der Waals surface area contributed by atoms with E-state index in [1.807, 2.05) is 0 Å². The summed E-state index contributed by atoms with van der Waals surface area (Å²) < 4.78 is 12.0. The third-order valence-electron chi connectivity index (χ3n) is 7.90. The van der Waals surface area contributed by atoms with Gasteiger partial charge >= 0.3 is 0 Å². The molecule has 0 heterocycles. The van der Waals surface area contributed by atoms with Gasteiger partial charge in [-0.1, -0.05) is 0 Å². The maximum atomic E-state index is 11.0.